The summed E-state index contributed by atoms with van der Waals surface area (Å²) < 4.78 is 12.7. The maximum absolute atomic E-state index is 14.4. The van der Waals surface area contributed by atoms with Crippen LogP contribution in [0.3, 0.4) is 0 Å². The van der Waals surface area contributed by atoms with E-state index in [-0.39, 0.29) is 36.1 Å². The average Bonchev–Trinajstić information content (AvgIpc) is 3.48. The molecular formula is C29H33NO5. The Balaban J connectivity index is 1.41. The summed E-state index contributed by atoms with van der Waals surface area (Å²) in [4.78, 5) is 27.7. The zero-order chi connectivity index (χ0) is 24.3. The number of fused-ring (bicyclic) bond motifs is 4. The van der Waals surface area contributed by atoms with E-state index in [1.807, 2.05) is 30.3 Å². The summed E-state index contributed by atoms with van der Waals surface area (Å²) >= 11 is 0. The van der Waals surface area contributed by atoms with Crippen LogP contribution in [-0.2, 0) is 20.7 Å². The smallest absolute Gasteiger partial charge is 0.265 e. The molecule has 4 fully saturated rings. The van der Waals surface area contributed by atoms with Crippen molar-refractivity contribution in [2.45, 2.75) is 56.6 Å². The summed E-state index contributed by atoms with van der Waals surface area (Å²) in [7, 11) is 0. The van der Waals surface area contributed by atoms with Crippen molar-refractivity contribution in [3.63, 3.8) is 0 Å². The molecule has 0 aromatic heterocycles. The van der Waals surface area contributed by atoms with Crippen molar-refractivity contribution in [3.8, 4) is 5.75 Å². The standard InChI is InChI=1S/C29H33NO5/c1-4-17-7-10-19-20-12-14(2)11-15(3)21(20)24-23(19)22(17)25(31)29-26(35-29)28(33,30-27(29)32)13-16-5-8-18(34-24)9-6-16/h4-10,14-15,17,19-24,26,33H,1,11-13H2,2-3H3,(H,30,32)/t14-,15+,17-,19-,20+,21-,22-,23-,24-,26-,28+,29-/m1/s1. The zero-order valence-corrected chi connectivity index (χ0v) is 20.2. The molecule has 3 aliphatic carbocycles. The number of rotatable bonds is 1. The molecule has 4 heterocycles. The molecule has 35 heavy (non-hydrogen) atoms. The van der Waals surface area contributed by atoms with Gasteiger partial charge in [0.05, 0.1) is 0 Å². The second-order valence-corrected chi connectivity index (χ2v) is 12.1. The van der Waals surface area contributed by atoms with Crippen molar-refractivity contribution in [2.75, 3.05) is 0 Å². The van der Waals surface area contributed by atoms with E-state index in [9.17, 15) is 14.7 Å². The maximum atomic E-state index is 14.4. The van der Waals surface area contributed by atoms with Crippen LogP contribution in [0.5, 0.6) is 5.75 Å². The second kappa shape index (κ2) is 7.07. The normalized spacial score (nSPS) is 51.1. The number of ether oxygens (including phenoxy) is 2. The van der Waals surface area contributed by atoms with Gasteiger partial charge < -0.3 is 19.9 Å². The highest BCUT2D eigenvalue weighted by Gasteiger charge is 2.81. The van der Waals surface area contributed by atoms with Gasteiger partial charge in [0, 0.05) is 30.1 Å². The Morgan fingerprint density at radius 3 is 2.60 bits per heavy atom. The third-order valence-electron chi connectivity index (χ3n) is 10.0. The number of ketones is 1. The van der Waals surface area contributed by atoms with Gasteiger partial charge in [-0.05, 0) is 54.2 Å². The fraction of sp³-hybridized carbons (Fsp3) is 0.586. The van der Waals surface area contributed by atoms with Gasteiger partial charge in [-0.2, -0.15) is 0 Å². The largest absolute Gasteiger partial charge is 0.490 e. The molecule has 6 heteroatoms. The molecule has 6 nitrogen and oxygen atoms in total. The number of benzene rings is 1. The number of carbonyl (C=O) groups excluding carboxylic acids is 2. The number of Topliss-reactive ketones (excluding diaryl/α,β-unsaturated/α-hetero) is 1. The molecule has 184 valence electrons. The van der Waals surface area contributed by atoms with Crippen molar-refractivity contribution in [3.05, 3.63) is 54.6 Å². The van der Waals surface area contributed by atoms with Gasteiger partial charge in [0.15, 0.2) is 17.6 Å². The van der Waals surface area contributed by atoms with Gasteiger partial charge >= 0.3 is 0 Å². The second-order valence-electron chi connectivity index (χ2n) is 12.1. The molecule has 2 saturated heterocycles. The van der Waals surface area contributed by atoms with Crippen LogP contribution in [0.15, 0.2) is 49.1 Å². The SMILES string of the molecule is C=C[C@@H]1C=C[C@@H]2[C@@H]3C[C@H](C)C[C@H](C)[C@H]3[C@H]3Oc4ccc(cc4)C[C@@]4(O)NC(=O)[C@@]5(O[C@@H]54)C(=O)[C@H]1[C@@H]23. The fourth-order valence-electron chi connectivity index (χ4n) is 8.70. The monoisotopic (exact) mass is 475 g/mol. The lowest BCUT2D eigenvalue weighted by molar-refractivity contribution is -0.143. The van der Waals surface area contributed by atoms with E-state index in [2.05, 4.69) is 37.9 Å². The first-order chi connectivity index (χ1) is 16.8. The minimum Gasteiger partial charge on any atom is -0.490 e. The molecule has 1 aromatic carbocycles. The van der Waals surface area contributed by atoms with E-state index in [0.717, 1.165) is 24.2 Å². The zero-order valence-electron chi connectivity index (χ0n) is 20.2. The van der Waals surface area contributed by atoms with Crippen LogP contribution >= 0.6 is 0 Å². The van der Waals surface area contributed by atoms with Gasteiger partial charge in [-0.3, -0.25) is 9.59 Å². The minimum atomic E-state index is -1.62. The van der Waals surface area contributed by atoms with Gasteiger partial charge in [0.1, 0.15) is 11.9 Å². The Bertz CT molecular complexity index is 1140. The summed E-state index contributed by atoms with van der Waals surface area (Å²) in [5.74, 6) is 1.31. The number of nitrogens with one attached hydrogen (secondary N) is 1. The van der Waals surface area contributed by atoms with E-state index in [1.165, 1.54) is 0 Å². The Morgan fingerprint density at radius 2 is 1.89 bits per heavy atom. The van der Waals surface area contributed by atoms with Gasteiger partial charge in [0.2, 0.25) is 5.60 Å². The lowest BCUT2D eigenvalue weighted by atomic mass is 9.64. The molecule has 0 unspecified atom stereocenters. The molecule has 1 amide bonds. The number of morpholine rings is 1. The lowest BCUT2D eigenvalue weighted by Crippen LogP contribution is -2.51. The first kappa shape index (κ1) is 21.8. The van der Waals surface area contributed by atoms with Crippen molar-refractivity contribution in [1.82, 2.24) is 5.32 Å². The molecule has 7 aliphatic rings. The number of carbonyl (C=O) groups is 2. The van der Waals surface area contributed by atoms with E-state index < -0.39 is 29.3 Å². The average molecular weight is 476 g/mol. The first-order valence-corrected chi connectivity index (χ1v) is 13.1. The van der Waals surface area contributed by atoms with Gasteiger partial charge in [-0.25, -0.2) is 0 Å². The Labute approximate surface area is 205 Å². The highest BCUT2D eigenvalue weighted by atomic mass is 16.6. The van der Waals surface area contributed by atoms with Crippen LogP contribution in [0.4, 0.5) is 0 Å². The summed E-state index contributed by atoms with van der Waals surface area (Å²) in [5, 5.41) is 14.1. The molecule has 2 N–H and O–H groups in total. The van der Waals surface area contributed by atoms with Crippen LogP contribution in [0.1, 0.15) is 32.3 Å². The number of allylic oxidation sites excluding steroid dienone is 3. The lowest BCUT2D eigenvalue weighted by Gasteiger charge is -2.39. The third kappa shape index (κ3) is 2.78. The third-order valence-corrected chi connectivity index (χ3v) is 10.0. The predicted octanol–water partition coefficient (Wildman–Crippen LogP) is 3.05. The van der Waals surface area contributed by atoms with E-state index >= 15 is 0 Å². The molecule has 2 saturated carbocycles. The van der Waals surface area contributed by atoms with E-state index in [4.69, 9.17) is 9.47 Å². The van der Waals surface area contributed by atoms with Crippen molar-refractivity contribution in [2.24, 2.45) is 47.3 Å². The quantitative estimate of drug-likeness (QED) is 0.370. The fourth-order valence-corrected chi connectivity index (χ4v) is 8.70. The van der Waals surface area contributed by atoms with Crippen LogP contribution in [0, 0.1) is 47.3 Å². The van der Waals surface area contributed by atoms with Crippen LogP contribution in [-0.4, -0.2) is 40.3 Å². The number of amides is 1. The number of hydrogen-bond donors (Lipinski definition) is 2. The van der Waals surface area contributed by atoms with Gasteiger partial charge in [-0.15, -0.1) is 6.58 Å². The Hall–Kier alpha value is -2.44. The highest BCUT2D eigenvalue weighted by Crippen LogP contribution is 2.61. The Kier molecular flexibility index (Phi) is 4.41. The maximum Gasteiger partial charge on any atom is 0.265 e. The van der Waals surface area contributed by atoms with Gasteiger partial charge in [-0.1, -0.05) is 44.2 Å². The number of aliphatic hydroxyl groups is 1. The predicted molar refractivity (Wildman–Crippen MR) is 128 cm³/mol. The van der Waals surface area contributed by atoms with Crippen LogP contribution in [0.25, 0.3) is 0 Å². The summed E-state index contributed by atoms with van der Waals surface area (Å²) in [6, 6.07) is 7.77. The number of hydrogen-bond acceptors (Lipinski definition) is 5. The summed E-state index contributed by atoms with van der Waals surface area (Å²) in [6.45, 7) is 8.70. The first-order valence-electron chi connectivity index (χ1n) is 13.1. The van der Waals surface area contributed by atoms with Crippen molar-refractivity contribution < 1.29 is 24.2 Å². The minimum absolute atomic E-state index is 0.0839. The summed E-state index contributed by atoms with van der Waals surface area (Å²) in [6.07, 6.45) is 7.63. The van der Waals surface area contributed by atoms with Crippen LogP contribution < -0.4 is 10.1 Å². The number of epoxide rings is 1. The molecule has 8 rings (SSSR count). The van der Waals surface area contributed by atoms with E-state index in [1.54, 1.807) is 0 Å². The van der Waals surface area contributed by atoms with Crippen molar-refractivity contribution >= 4 is 11.7 Å². The van der Waals surface area contributed by atoms with Crippen LogP contribution in [0.2, 0.25) is 0 Å². The molecular weight excluding hydrogens is 442 g/mol. The summed E-state index contributed by atoms with van der Waals surface area (Å²) in [5.41, 5.74) is -2.38. The molecule has 4 bridgehead atoms. The topological polar surface area (TPSA) is 88.2 Å². The molecule has 12 atom stereocenters. The highest BCUT2D eigenvalue weighted by molar-refractivity contribution is 6.16. The molecule has 1 aromatic rings. The Morgan fingerprint density at radius 1 is 1.11 bits per heavy atom. The van der Waals surface area contributed by atoms with Crippen molar-refractivity contribution in [1.29, 1.82) is 0 Å². The van der Waals surface area contributed by atoms with E-state index in [0.29, 0.717) is 23.7 Å². The van der Waals surface area contributed by atoms with Gasteiger partial charge in [0.25, 0.3) is 5.91 Å². The molecule has 0 spiro atoms. The molecule has 4 aliphatic heterocycles. The molecule has 0 radical (unpaired) electrons.